The molecule has 0 aliphatic heterocycles. The summed E-state index contributed by atoms with van der Waals surface area (Å²) in [6.07, 6.45) is -3.12. The van der Waals surface area contributed by atoms with E-state index < -0.39 is 35.2 Å². The summed E-state index contributed by atoms with van der Waals surface area (Å²) in [7, 11) is 0. The van der Waals surface area contributed by atoms with Gasteiger partial charge in [-0.25, -0.2) is 4.79 Å². The van der Waals surface area contributed by atoms with Crippen molar-refractivity contribution in [3.8, 4) is 22.3 Å². The van der Waals surface area contributed by atoms with Crippen LogP contribution in [-0.4, -0.2) is 27.3 Å². The fraction of sp³-hybridized carbons (Fsp3) is 0.114. The fourth-order valence-corrected chi connectivity index (χ4v) is 5.78. The van der Waals surface area contributed by atoms with Gasteiger partial charge in [0.15, 0.2) is 0 Å². The second-order valence-electron chi connectivity index (χ2n) is 10.2. The molecule has 1 amide bonds. The van der Waals surface area contributed by atoms with Crippen molar-refractivity contribution in [2.24, 2.45) is 0 Å². The third-order valence-electron chi connectivity index (χ3n) is 7.10. The number of amides is 1. The van der Waals surface area contributed by atoms with Crippen molar-refractivity contribution in [3.05, 3.63) is 149 Å². The summed E-state index contributed by atoms with van der Waals surface area (Å²) in [6.45, 7) is 0. The van der Waals surface area contributed by atoms with Crippen LogP contribution in [0.3, 0.4) is 0 Å². The average molecular weight is 629 g/mol. The maximum Gasteiger partial charge on any atom is 0.416 e. The normalized spacial score (nSPS) is 12.0. The van der Waals surface area contributed by atoms with Crippen molar-refractivity contribution in [1.29, 1.82) is 0 Å². The molecule has 4 aromatic carbocycles. The van der Waals surface area contributed by atoms with Gasteiger partial charge in [0.05, 0.1) is 5.56 Å². The van der Waals surface area contributed by atoms with E-state index in [-0.39, 0.29) is 17.0 Å². The second-order valence-corrected chi connectivity index (χ2v) is 11.2. The van der Waals surface area contributed by atoms with E-state index in [1.807, 2.05) is 84.9 Å². The molecule has 6 nitrogen and oxygen atoms in total. The molecule has 228 valence electrons. The summed E-state index contributed by atoms with van der Waals surface area (Å²) in [5.74, 6) is -1.45. The zero-order valence-electron chi connectivity index (χ0n) is 23.7. The first-order valence-corrected chi connectivity index (χ1v) is 15.0. The first-order valence-electron chi connectivity index (χ1n) is 13.9. The Bertz CT molecular complexity index is 1840. The van der Waals surface area contributed by atoms with Crippen LogP contribution in [-0.2, 0) is 16.7 Å². The van der Waals surface area contributed by atoms with E-state index in [0.29, 0.717) is 16.9 Å². The van der Waals surface area contributed by atoms with Crippen LogP contribution < -0.4 is 10.9 Å². The van der Waals surface area contributed by atoms with Gasteiger partial charge in [0.2, 0.25) is 0 Å². The summed E-state index contributed by atoms with van der Waals surface area (Å²) in [6, 6.07) is 30.4. The highest BCUT2D eigenvalue weighted by Crippen LogP contribution is 2.30. The molecular formula is C35H27F3N2O4S. The lowest BCUT2D eigenvalue weighted by Gasteiger charge is -2.19. The van der Waals surface area contributed by atoms with Gasteiger partial charge in [-0.3, -0.25) is 14.2 Å². The Morgan fingerprint density at radius 3 is 1.91 bits per heavy atom. The number of carboxylic acids is 1. The van der Waals surface area contributed by atoms with Crippen molar-refractivity contribution in [3.63, 3.8) is 0 Å². The average Bonchev–Trinajstić information content (AvgIpc) is 3.05. The van der Waals surface area contributed by atoms with Gasteiger partial charge in [0.1, 0.15) is 11.7 Å². The van der Waals surface area contributed by atoms with Gasteiger partial charge < -0.3 is 10.4 Å². The van der Waals surface area contributed by atoms with Crippen molar-refractivity contribution >= 4 is 29.3 Å². The van der Waals surface area contributed by atoms with Gasteiger partial charge in [-0.05, 0) is 52.6 Å². The molecule has 0 aliphatic carbocycles. The molecule has 0 fully saturated rings. The molecule has 0 saturated carbocycles. The van der Waals surface area contributed by atoms with E-state index >= 15 is 0 Å². The summed E-state index contributed by atoms with van der Waals surface area (Å²) in [5.41, 5.74) is 2.10. The summed E-state index contributed by atoms with van der Waals surface area (Å²) in [5, 5.41) is 12.7. The number of carbonyl (C=O) groups excluding carboxylic acids is 1. The molecule has 45 heavy (non-hydrogen) atoms. The highest BCUT2D eigenvalue weighted by molar-refractivity contribution is 7.98. The molecule has 5 rings (SSSR count). The number of carbonyl (C=O) groups is 2. The molecule has 0 radical (unpaired) electrons. The van der Waals surface area contributed by atoms with E-state index in [1.165, 1.54) is 24.0 Å². The number of alkyl halides is 3. The number of thioether (sulfide) groups is 1. The quantitative estimate of drug-likeness (QED) is 0.164. The number of rotatable bonds is 10. The van der Waals surface area contributed by atoms with Gasteiger partial charge >= 0.3 is 12.1 Å². The van der Waals surface area contributed by atoms with Gasteiger partial charge in [-0.2, -0.15) is 24.9 Å². The number of nitrogens with one attached hydrogen (secondary N) is 1. The van der Waals surface area contributed by atoms with Crippen LogP contribution in [0, 0.1) is 0 Å². The molecule has 10 heteroatoms. The summed E-state index contributed by atoms with van der Waals surface area (Å²) in [4.78, 5) is 39.2. The standard InChI is InChI=1S/C35H27F3N2O4S/c36-35(37,38)29-17-15-27(16-18-29)32(41)39-30-19-28(26-13-11-25(12-14-26)24-9-5-2-6-10-24)20-40(33(30)42)31(34(43)44)22-45-21-23-7-3-1-4-8-23/h1-20,31H,21-22H2,(H,39,41)(H,43,44). The van der Waals surface area contributed by atoms with E-state index in [4.69, 9.17) is 0 Å². The van der Waals surface area contributed by atoms with E-state index in [2.05, 4.69) is 5.32 Å². The highest BCUT2D eigenvalue weighted by atomic mass is 32.2. The molecule has 1 atom stereocenters. The summed E-state index contributed by atoms with van der Waals surface area (Å²) >= 11 is 1.35. The molecule has 5 aromatic rings. The maximum absolute atomic E-state index is 13.6. The largest absolute Gasteiger partial charge is 0.480 e. The van der Waals surface area contributed by atoms with Crippen LogP contribution >= 0.6 is 11.8 Å². The third kappa shape index (κ3) is 7.71. The predicted molar refractivity (Wildman–Crippen MR) is 170 cm³/mol. The van der Waals surface area contributed by atoms with Crippen molar-refractivity contribution in [2.45, 2.75) is 18.0 Å². The third-order valence-corrected chi connectivity index (χ3v) is 8.19. The van der Waals surface area contributed by atoms with Gasteiger partial charge in [-0.15, -0.1) is 0 Å². The minimum Gasteiger partial charge on any atom is -0.480 e. The first kappa shape index (κ1) is 31.3. The molecule has 1 aromatic heterocycles. The van der Waals surface area contributed by atoms with Gasteiger partial charge in [-0.1, -0.05) is 84.9 Å². The molecule has 2 N–H and O–H groups in total. The number of aromatic nitrogens is 1. The molecule has 0 saturated heterocycles. The number of hydrogen-bond acceptors (Lipinski definition) is 4. The number of halogens is 3. The molecule has 0 spiro atoms. The van der Waals surface area contributed by atoms with Gasteiger partial charge in [0.25, 0.3) is 11.5 Å². The number of hydrogen-bond donors (Lipinski definition) is 2. The molecule has 1 unspecified atom stereocenters. The summed E-state index contributed by atoms with van der Waals surface area (Å²) < 4.78 is 40.2. The number of benzene rings is 4. The Hall–Kier alpha value is -5.09. The Labute approximate surface area is 261 Å². The van der Waals surface area contributed by atoms with E-state index in [9.17, 15) is 32.7 Å². The lowest BCUT2D eigenvalue weighted by atomic mass is 10.0. The Kier molecular flexibility index (Phi) is 9.53. The number of nitrogens with zero attached hydrogens (tertiary/aromatic N) is 1. The van der Waals surface area contributed by atoms with Crippen LogP contribution in [0.4, 0.5) is 18.9 Å². The Balaban J connectivity index is 1.50. The smallest absolute Gasteiger partial charge is 0.416 e. The van der Waals surface area contributed by atoms with Crippen molar-refractivity contribution in [1.82, 2.24) is 4.57 Å². The number of anilines is 1. The number of carboxylic acid groups (broad SMARTS) is 1. The zero-order chi connectivity index (χ0) is 32.0. The van der Waals surface area contributed by atoms with Crippen LogP contribution in [0.1, 0.15) is 27.5 Å². The molecule has 0 aliphatic rings. The maximum atomic E-state index is 13.6. The first-order chi connectivity index (χ1) is 21.6. The lowest BCUT2D eigenvalue weighted by molar-refractivity contribution is -0.140. The van der Waals surface area contributed by atoms with Crippen molar-refractivity contribution in [2.75, 3.05) is 11.1 Å². The van der Waals surface area contributed by atoms with Crippen LogP contribution in [0.25, 0.3) is 22.3 Å². The van der Waals surface area contributed by atoms with Gasteiger partial charge in [0, 0.05) is 28.8 Å². The Morgan fingerprint density at radius 2 is 1.33 bits per heavy atom. The van der Waals surface area contributed by atoms with E-state index in [0.717, 1.165) is 45.5 Å². The molecule has 0 bridgehead atoms. The SMILES string of the molecule is O=C(Nc1cc(-c2ccc(-c3ccccc3)cc2)cn(C(CSCc2ccccc2)C(=O)O)c1=O)c1ccc(C(F)(F)F)cc1. The number of pyridine rings is 1. The van der Waals surface area contributed by atoms with Crippen LogP contribution in [0.5, 0.6) is 0 Å². The minimum absolute atomic E-state index is 0.0623. The van der Waals surface area contributed by atoms with Crippen molar-refractivity contribution < 1.29 is 27.9 Å². The molecule has 1 heterocycles. The predicted octanol–water partition coefficient (Wildman–Crippen LogP) is 8.01. The Morgan fingerprint density at radius 1 is 0.778 bits per heavy atom. The second kappa shape index (κ2) is 13.7. The van der Waals surface area contributed by atoms with Crippen LogP contribution in [0.15, 0.2) is 126 Å². The fourth-order valence-electron chi connectivity index (χ4n) is 4.71. The topological polar surface area (TPSA) is 88.4 Å². The highest BCUT2D eigenvalue weighted by Gasteiger charge is 2.30. The monoisotopic (exact) mass is 628 g/mol. The van der Waals surface area contributed by atoms with E-state index in [1.54, 1.807) is 0 Å². The van der Waals surface area contributed by atoms with Crippen LogP contribution in [0.2, 0.25) is 0 Å². The number of aliphatic carboxylic acids is 1. The minimum atomic E-state index is -4.57. The zero-order valence-corrected chi connectivity index (χ0v) is 24.5. The lowest BCUT2D eigenvalue weighted by Crippen LogP contribution is -2.33. The molecular weight excluding hydrogens is 601 g/mol.